The van der Waals surface area contributed by atoms with Gasteiger partial charge in [-0.3, -0.25) is 0 Å². The second kappa shape index (κ2) is 5.59. The van der Waals surface area contributed by atoms with Crippen molar-refractivity contribution in [2.45, 2.75) is 38.0 Å². The van der Waals surface area contributed by atoms with E-state index in [9.17, 15) is 14.3 Å². The molecule has 1 aromatic carbocycles. The Bertz CT molecular complexity index is 665. The topological polar surface area (TPSA) is 80.9 Å². The van der Waals surface area contributed by atoms with Gasteiger partial charge in [0.05, 0.1) is 11.3 Å². The zero-order chi connectivity index (χ0) is 14.8. The van der Waals surface area contributed by atoms with E-state index in [0.717, 1.165) is 37.8 Å². The number of carbonyl (C=O) groups is 1. The number of carboxylic acid groups (broad SMARTS) is 1. The fourth-order valence-corrected chi connectivity index (χ4v) is 2.84. The molecule has 0 unspecified atom stereocenters. The van der Waals surface area contributed by atoms with Crippen molar-refractivity contribution < 1.29 is 14.3 Å². The monoisotopic (exact) mass is 290 g/mol. The molecule has 21 heavy (non-hydrogen) atoms. The minimum Gasteiger partial charge on any atom is -0.478 e. The number of aromatic carboxylic acids is 1. The number of hydrogen-bond donors (Lipinski definition) is 1. The molecule has 0 spiro atoms. The Morgan fingerprint density at radius 2 is 2.05 bits per heavy atom. The first kappa shape index (κ1) is 13.7. The molecule has 1 heterocycles. The summed E-state index contributed by atoms with van der Waals surface area (Å²) in [5.41, 5.74) is 0.161. The maximum Gasteiger partial charge on any atom is 0.337 e. The average molecular weight is 290 g/mol. The van der Waals surface area contributed by atoms with Crippen molar-refractivity contribution in [3.63, 3.8) is 0 Å². The lowest BCUT2D eigenvalue weighted by molar-refractivity contribution is 0.0696. The van der Waals surface area contributed by atoms with Crippen molar-refractivity contribution in [1.82, 2.24) is 20.2 Å². The van der Waals surface area contributed by atoms with Gasteiger partial charge in [0.15, 0.2) is 5.82 Å². The minimum atomic E-state index is -1.13. The molecule has 6 nitrogen and oxygen atoms in total. The van der Waals surface area contributed by atoms with Crippen LogP contribution in [0.25, 0.3) is 5.69 Å². The van der Waals surface area contributed by atoms with E-state index in [-0.39, 0.29) is 17.2 Å². The molecular weight excluding hydrogens is 275 g/mol. The van der Waals surface area contributed by atoms with Crippen LogP contribution in [-0.2, 0) is 0 Å². The van der Waals surface area contributed by atoms with Crippen molar-refractivity contribution >= 4 is 5.97 Å². The molecule has 0 atom stereocenters. The highest BCUT2D eigenvalue weighted by atomic mass is 19.1. The second-order valence-electron chi connectivity index (χ2n) is 5.25. The summed E-state index contributed by atoms with van der Waals surface area (Å²) in [6.07, 6.45) is 5.34. The second-order valence-corrected chi connectivity index (χ2v) is 5.25. The third kappa shape index (κ3) is 2.63. The van der Waals surface area contributed by atoms with Crippen molar-refractivity contribution in [2.24, 2.45) is 0 Å². The molecule has 1 N–H and O–H groups in total. The first-order valence-electron chi connectivity index (χ1n) is 6.98. The highest BCUT2D eigenvalue weighted by molar-refractivity contribution is 5.91. The number of halogens is 1. The van der Waals surface area contributed by atoms with E-state index in [0.29, 0.717) is 5.82 Å². The maximum absolute atomic E-state index is 13.5. The van der Waals surface area contributed by atoms with E-state index >= 15 is 0 Å². The molecule has 110 valence electrons. The molecular formula is C14H15FN4O2. The van der Waals surface area contributed by atoms with Crippen molar-refractivity contribution in [3.8, 4) is 5.69 Å². The van der Waals surface area contributed by atoms with Gasteiger partial charge in [-0.05, 0) is 35.4 Å². The van der Waals surface area contributed by atoms with Gasteiger partial charge in [0, 0.05) is 12.0 Å². The zero-order valence-electron chi connectivity index (χ0n) is 11.4. The number of hydrogen-bond acceptors (Lipinski definition) is 4. The summed E-state index contributed by atoms with van der Waals surface area (Å²) in [6, 6.07) is 3.52. The Labute approximate surface area is 120 Å². The number of rotatable bonds is 3. The van der Waals surface area contributed by atoms with Crippen LogP contribution in [0.1, 0.15) is 54.2 Å². The summed E-state index contributed by atoms with van der Waals surface area (Å²) in [7, 11) is 0. The summed E-state index contributed by atoms with van der Waals surface area (Å²) >= 11 is 0. The molecule has 3 rings (SSSR count). The van der Waals surface area contributed by atoms with Gasteiger partial charge in [0.25, 0.3) is 0 Å². The fourth-order valence-electron chi connectivity index (χ4n) is 2.84. The Hall–Kier alpha value is -2.31. The zero-order valence-corrected chi connectivity index (χ0v) is 11.4. The van der Waals surface area contributed by atoms with Gasteiger partial charge < -0.3 is 5.11 Å². The Balaban J connectivity index is 2.07. The molecule has 0 radical (unpaired) electrons. The normalized spacial score (nSPS) is 16.0. The van der Waals surface area contributed by atoms with E-state index < -0.39 is 11.8 Å². The van der Waals surface area contributed by atoms with Crippen LogP contribution in [0.15, 0.2) is 18.2 Å². The van der Waals surface area contributed by atoms with Crippen LogP contribution in [0, 0.1) is 5.82 Å². The molecule has 1 aliphatic carbocycles. The van der Waals surface area contributed by atoms with Crippen LogP contribution >= 0.6 is 0 Å². The third-order valence-electron chi connectivity index (χ3n) is 3.88. The lowest BCUT2D eigenvalue weighted by Crippen LogP contribution is -2.15. The van der Waals surface area contributed by atoms with Crippen molar-refractivity contribution in [2.75, 3.05) is 0 Å². The highest BCUT2D eigenvalue weighted by Crippen LogP contribution is 2.32. The number of nitrogens with zero attached hydrogens (tertiary/aromatic N) is 4. The van der Waals surface area contributed by atoms with Crippen LogP contribution in [-0.4, -0.2) is 31.3 Å². The van der Waals surface area contributed by atoms with Crippen LogP contribution in [0.2, 0.25) is 0 Å². The number of aromatic nitrogens is 4. The van der Waals surface area contributed by atoms with Gasteiger partial charge in [0.1, 0.15) is 5.82 Å². The Kier molecular flexibility index (Phi) is 3.64. The smallest absolute Gasteiger partial charge is 0.337 e. The van der Waals surface area contributed by atoms with Crippen LogP contribution in [0.5, 0.6) is 0 Å². The van der Waals surface area contributed by atoms with Crippen molar-refractivity contribution in [1.29, 1.82) is 0 Å². The van der Waals surface area contributed by atoms with Gasteiger partial charge in [0.2, 0.25) is 0 Å². The summed E-state index contributed by atoms with van der Waals surface area (Å²) in [4.78, 5) is 11.3. The molecule has 1 aliphatic rings. The average Bonchev–Trinajstić information content (AvgIpc) is 2.97. The van der Waals surface area contributed by atoms with E-state index in [1.165, 1.54) is 17.2 Å². The molecule has 0 saturated heterocycles. The number of benzene rings is 1. The van der Waals surface area contributed by atoms with Crippen molar-refractivity contribution in [3.05, 3.63) is 35.4 Å². The molecule has 0 amide bonds. The van der Waals surface area contributed by atoms with Gasteiger partial charge in [-0.25, -0.2) is 9.18 Å². The molecule has 1 saturated carbocycles. The van der Waals surface area contributed by atoms with Gasteiger partial charge in [-0.15, -0.1) is 5.10 Å². The van der Waals surface area contributed by atoms with E-state index in [1.807, 2.05) is 0 Å². The highest BCUT2D eigenvalue weighted by Gasteiger charge is 2.24. The summed E-state index contributed by atoms with van der Waals surface area (Å²) in [5.74, 6) is -0.836. The molecule has 0 aliphatic heterocycles. The van der Waals surface area contributed by atoms with Gasteiger partial charge >= 0.3 is 5.97 Å². The Morgan fingerprint density at radius 3 is 2.76 bits per heavy atom. The van der Waals surface area contributed by atoms with E-state index in [2.05, 4.69) is 15.5 Å². The SMILES string of the molecule is O=C(O)c1ccc(F)cc1-n1nnnc1C1CCCCC1. The van der Waals surface area contributed by atoms with E-state index in [4.69, 9.17) is 0 Å². The van der Waals surface area contributed by atoms with E-state index in [1.54, 1.807) is 0 Å². The van der Waals surface area contributed by atoms with Gasteiger partial charge in [-0.1, -0.05) is 19.3 Å². The maximum atomic E-state index is 13.5. The number of tetrazole rings is 1. The molecule has 0 bridgehead atoms. The molecule has 2 aromatic rings. The molecule has 1 aromatic heterocycles. The largest absolute Gasteiger partial charge is 0.478 e. The standard InChI is InChI=1S/C14H15FN4O2/c15-10-6-7-11(14(20)21)12(8-10)19-13(16-17-18-19)9-4-2-1-3-5-9/h6-9H,1-5H2,(H,20,21). The lowest BCUT2D eigenvalue weighted by atomic mass is 9.88. The Morgan fingerprint density at radius 1 is 1.29 bits per heavy atom. The lowest BCUT2D eigenvalue weighted by Gasteiger charge is -2.20. The summed E-state index contributed by atoms with van der Waals surface area (Å²) < 4.78 is 14.9. The van der Waals surface area contributed by atoms with Crippen LogP contribution in [0.4, 0.5) is 4.39 Å². The first-order chi connectivity index (χ1) is 10.2. The predicted octanol–water partition coefficient (Wildman–Crippen LogP) is 2.55. The fraction of sp³-hybridized carbons (Fsp3) is 0.429. The van der Waals surface area contributed by atoms with Crippen LogP contribution < -0.4 is 0 Å². The van der Waals surface area contributed by atoms with Gasteiger partial charge in [-0.2, -0.15) is 4.68 Å². The first-order valence-corrected chi connectivity index (χ1v) is 6.98. The van der Waals surface area contributed by atoms with Crippen LogP contribution in [0.3, 0.4) is 0 Å². The molecule has 1 fully saturated rings. The minimum absolute atomic E-state index is 0.0132. The quantitative estimate of drug-likeness (QED) is 0.939. The molecule has 7 heteroatoms. The summed E-state index contributed by atoms with van der Waals surface area (Å²) in [5, 5.41) is 20.8. The predicted molar refractivity (Wildman–Crippen MR) is 71.9 cm³/mol. The number of carboxylic acids is 1. The summed E-state index contributed by atoms with van der Waals surface area (Å²) in [6.45, 7) is 0. The third-order valence-corrected chi connectivity index (χ3v) is 3.88.